The summed E-state index contributed by atoms with van der Waals surface area (Å²) in [7, 11) is 0. The number of carbonyl (C=O) groups excluding carboxylic acids is 1. The van der Waals surface area contributed by atoms with E-state index in [4.69, 9.17) is 10.6 Å². The van der Waals surface area contributed by atoms with Gasteiger partial charge in [-0.3, -0.25) is 5.01 Å². The van der Waals surface area contributed by atoms with Gasteiger partial charge in [-0.05, 0) is 42.3 Å². The van der Waals surface area contributed by atoms with E-state index in [1.54, 1.807) is 12.1 Å². The number of rotatable bonds is 6. The average Bonchev–Trinajstić information content (AvgIpc) is 3.26. The van der Waals surface area contributed by atoms with Gasteiger partial charge in [-0.1, -0.05) is 30.6 Å². The second-order valence-electron chi connectivity index (χ2n) is 6.73. The van der Waals surface area contributed by atoms with Gasteiger partial charge >= 0.3 is 12.1 Å². The Balaban J connectivity index is 1.75. The van der Waals surface area contributed by atoms with Crippen molar-refractivity contribution in [2.24, 2.45) is 16.0 Å². The van der Waals surface area contributed by atoms with E-state index in [1.807, 2.05) is 24.2 Å². The Bertz CT molecular complexity index is 969. The van der Waals surface area contributed by atoms with E-state index in [0.717, 1.165) is 42.8 Å². The number of hydrazone groups is 1. The Hall–Kier alpha value is -3.36. The summed E-state index contributed by atoms with van der Waals surface area (Å²) in [6.45, 7) is 2.78. The van der Waals surface area contributed by atoms with Crippen molar-refractivity contribution in [3.8, 4) is 0 Å². The van der Waals surface area contributed by atoms with Gasteiger partial charge in [0, 0.05) is 24.7 Å². The summed E-state index contributed by atoms with van der Waals surface area (Å²) >= 11 is 0. The molecule has 0 amide bonds. The number of halogens is 3. The van der Waals surface area contributed by atoms with Crippen molar-refractivity contribution in [3.05, 3.63) is 64.7 Å². The molecule has 0 saturated heterocycles. The molecule has 9 heteroatoms. The van der Waals surface area contributed by atoms with Crippen LogP contribution in [-0.4, -0.2) is 24.6 Å². The Labute approximate surface area is 171 Å². The first-order valence-electron chi connectivity index (χ1n) is 9.45. The molecule has 6 nitrogen and oxygen atoms in total. The molecule has 0 unspecified atom stereocenters. The molecule has 2 aromatic rings. The monoisotopic (exact) mass is 418 g/mol. The fourth-order valence-electron chi connectivity index (χ4n) is 3.03. The number of nitrogens with zero attached hydrogens (tertiary/aromatic N) is 3. The lowest BCUT2D eigenvalue weighted by Gasteiger charge is -2.16. The third-order valence-electron chi connectivity index (χ3n) is 4.55. The van der Waals surface area contributed by atoms with E-state index in [-0.39, 0.29) is 11.4 Å². The summed E-state index contributed by atoms with van der Waals surface area (Å²) < 4.78 is 37.9. The van der Waals surface area contributed by atoms with Crippen molar-refractivity contribution in [1.29, 1.82) is 0 Å². The minimum absolute atomic E-state index is 0.197. The molecule has 158 valence electrons. The molecule has 2 N–H and O–H groups in total. The third kappa shape index (κ3) is 4.97. The summed E-state index contributed by atoms with van der Waals surface area (Å²) in [5.74, 6) is -0.887. The highest BCUT2D eigenvalue weighted by atomic mass is 19.4. The molecule has 30 heavy (non-hydrogen) atoms. The number of anilines is 1. The number of hydrogen-bond acceptors (Lipinski definition) is 5. The maximum absolute atomic E-state index is 12.6. The Morgan fingerprint density at radius 2 is 1.97 bits per heavy atom. The second kappa shape index (κ2) is 8.98. The maximum atomic E-state index is 12.6. The predicted molar refractivity (Wildman–Crippen MR) is 108 cm³/mol. The van der Waals surface area contributed by atoms with Gasteiger partial charge in [-0.2, -0.15) is 18.3 Å². The first-order valence-corrected chi connectivity index (χ1v) is 9.45. The number of nitrogens with two attached hydrogens (primary N) is 1. The molecule has 0 bridgehead atoms. The van der Waals surface area contributed by atoms with Crippen molar-refractivity contribution in [2.45, 2.75) is 32.4 Å². The van der Waals surface area contributed by atoms with Gasteiger partial charge in [0.25, 0.3) is 0 Å². The van der Waals surface area contributed by atoms with E-state index >= 15 is 0 Å². The van der Waals surface area contributed by atoms with E-state index in [2.05, 4.69) is 10.3 Å². The smallest absolute Gasteiger partial charge is 0.380 e. The van der Waals surface area contributed by atoms with Crippen LogP contribution in [0.2, 0.25) is 0 Å². The van der Waals surface area contributed by atoms with E-state index in [1.165, 1.54) is 12.1 Å². The Morgan fingerprint density at radius 1 is 1.23 bits per heavy atom. The maximum Gasteiger partial charge on any atom is 0.416 e. The van der Waals surface area contributed by atoms with Crippen LogP contribution in [-0.2, 0) is 17.4 Å². The quantitative estimate of drug-likeness (QED) is 0.328. The van der Waals surface area contributed by atoms with Gasteiger partial charge < -0.3 is 10.6 Å². The van der Waals surface area contributed by atoms with Crippen molar-refractivity contribution in [3.63, 3.8) is 0 Å². The van der Waals surface area contributed by atoms with Crippen LogP contribution in [0, 0.1) is 0 Å². The van der Waals surface area contributed by atoms with Crippen LogP contribution in [0.3, 0.4) is 0 Å². The van der Waals surface area contributed by atoms with Crippen LogP contribution in [0.15, 0.2) is 52.7 Å². The highest BCUT2D eigenvalue weighted by Crippen LogP contribution is 2.29. The number of alkyl halides is 3. The number of amidine groups is 1. The Kier molecular flexibility index (Phi) is 6.39. The zero-order valence-corrected chi connectivity index (χ0v) is 16.3. The van der Waals surface area contributed by atoms with Gasteiger partial charge in [0.2, 0.25) is 0 Å². The average molecular weight is 418 g/mol. The first kappa shape index (κ1) is 21.4. The van der Waals surface area contributed by atoms with Gasteiger partial charge in [-0.25, -0.2) is 4.79 Å². The highest BCUT2D eigenvalue weighted by Gasteiger charge is 2.30. The number of aryl methyl sites for hydroxylation is 1. The van der Waals surface area contributed by atoms with Gasteiger partial charge in [-0.15, -0.1) is 0 Å². The number of carbonyl (C=O) groups is 1. The third-order valence-corrected chi connectivity index (χ3v) is 4.55. The molecule has 0 radical (unpaired) electrons. The van der Waals surface area contributed by atoms with Gasteiger partial charge in [0.1, 0.15) is 0 Å². The molecular formula is C21H21F3N4O2. The van der Waals surface area contributed by atoms with E-state index in [0.29, 0.717) is 12.0 Å². The molecule has 0 saturated carbocycles. The number of benzene rings is 2. The zero-order valence-electron chi connectivity index (χ0n) is 16.3. The van der Waals surface area contributed by atoms with Crippen LogP contribution >= 0.6 is 0 Å². The lowest BCUT2D eigenvalue weighted by molar-refractivity contribution is -0.137. The Morgan fingerprint density at radius 3 is 2.57 bits per heavy atom. The first-order chi connectivity index (χ1) is 14.3. The van der Waals surface area contributed by atoms with Gasteiger partial charge in [0.05, 0.1) is 16.8 Å². The largest absolute Gasteiger partial charge is 0.416 e. The minimum atomic E-state index is -4.45. The lowest BCUT2D eigenvalue weighted by atomic mass is 10.0. The van der Waals surface area contributed by atoms with Crippen LogP contribution in [0.4, 0.5) is 18.9 Å². The molecule has 3 rings (SSSR count). The van der Waals surface area contributed by atoms with Crippen molar-refractivity contribution in [2.75, 3.05) is 11.6 Å². The van der Waals surface area contributed by atoms with Crippen LogP contribution in [0.1, 0.15) is 46.8 Å². The predicted octanol–water partition coefficient (Wildman–Crippen LogP) is 4.33. The lowest BCUT2D eigenvalue weighted by Crippen LogP contribution is -2.17. The molecule has 1 aliphatic heterocycles. The van der Waals surface area contributed by atoms with Crippen LogP contribution < -0.4 is 10.7 Å². The molecular weight excluding hydrogens is 397 g/mol. The fourth-order valence-corrected chi connectivity index (χ4v) is 3.03. The second-order valence-corrected chi connectivity index (χ2v) is 6.73. The number of hydrogen-bond donors (Lipinski definition) is 1. The van der Waals surface area contributed by atoms with Crippen LogP contribution in [0.25, 0.3) is 0 Å². The van der Waals surface area contributed by atoms with E-state index in [9.17, 15) is 18.0 Å². The van der Waals surface area contributed by atoms with Crippen molar-refractivity contribution >= 4 is 23.7 Å². The molecule has 0 atom stereocenters. The fraction of sp³-hybridized carbons (Fsp3) is 0.286. The topological polar surface area (TPSA) is 80.3 Å². The standard InChI is InChI=1S/C21H21F3N4O2/c1-2-4-15-13-17(28-12-3-11-26-28)9-10-18(15)20(29)30-27-19(25)14-5-7-16(8-6-14)21(22,23)24/h5-11,13H,2-4,12H2,1H3,(H2,25,27). The molecule has 1 heterocycles. The molecule has 0 aromatic heterocycles. The van der Waals surface area contributed by atoms with Crippen molar-refractivity contribution in [1.82, 2.24) is 0 Å². The molecule has 0 spiro atoms. The highest BCUT2D eigenvalue weighted by molar-refractivity contribution is 5.98. The molecule has 0 fully saturated rings. The summed E-state index contributed by atoms with van der Waals surface area (Å²) in [5, 5.41) is 9.73. The van der Waals surface area contributed by atoms with Gasteiger partial charge in [0.15, 0.2) is 5.84 Å². The van der Waals surface area contributed by atoms with Crippen LogP contribution in [0.5, 0.6) is 0 Å². The summed E-state index contributed by atoms with van der Waals surface area (Å²) in [6.07, 6.45) is -0.262. The summed E-state index contributed by atoms with van der Waals surface area (Å²) in [5.41, 5.74) is 7.20. The normalized spacial score (nSPS) is 14.3. The minimum Gasteiger partial charge on any atom is -0.380 e. The molecule has 0 aliphatic carbocycles. The molecule has 2 aromatic carbocycles. The summed E-state index contributed by atoms with van der Waals surface area (Å²) in [6, 6.07) is 9.44. The number of oxime groups is 1. The van der Waals surface area contributed by atoms with Crippen molar-refractivity contribution < 1.29 is 22.8 Å². The molecule has 1 aliphatic rings. The van der Waals surface area contributed by atoms with E-state index < -0.39 is 17.7 Å². The zero-order chi connectivity index (χ0) is 21.7. The SMILES string of the molecule is CCCc1cc(N2CCC=N2)ccc1C(=O)O/N=C(\N)c1ccc(C(F)(F)F)cc1. The summed E-state index contributed by atoms with van der Waals surface area (Å²) in [4.78, 5) is 17.5.